The Morgan fingerprint density at radius 3 is 2.69 bits per heavy atom. The fourth-order valence-corrected chi connectivity index (χ4v) is 1.14. The zero-order chi connectivity index (χ0) is 10.0. The Balaban J connectivity index is 3.11. The molecule has 0 N–H and O–H groups in total. The molecular formula is C9H12FNO2. The van der Waals surface area contributed by atoms with E-state index in [0.29, 0.717) is 0 Å². The molecule has 0 aromatic carbocycles. The van der Waals surface area contributed by atoms with Gasteiger partial charge in [0.1, 0.15) is 11.5 Å². The van der Waals surface area contributed by atoms with Gasteiger partial charge >= 0.3 is 5.97 Å². The summed E-state index contributed by atoms with van der Waals surface area (Å²) in [5, 5.41) is 0. The van der Waals surface area contributed by atoms with Gasteiger partial charge in [0.2, 0.25) is 0 Å². The molecule has 0 radical (unpaired) electrons. The first-order valence-corrected chi connectivity index (χ1v) is 4.02. The molecule has 0 saturated carbocycles. The molecule has 0 aliphatic carbocycles. The minimum absolute atomic E-state index is 0.0404. The lowest BCUT2D eigenvalue weighted by atomic mass is 10.3. The summed E-state index contributed by atoms with van der Waals surface area (Å²) in [4.78, 5) is 11.1. The average molecular weight is 185 g/mol. The second kappa shape index (κ2) is 3.60. The van der Waals surface area contributed by atoms with Gasteiger partial charge in [-0.3, -0.25) is 0 Å². The highest BCUT2D eigenvalue weighted by Crippen LogP contribution is 2.14. The van der Waals surface area contributed by atoms with Gasteiger partial charge in [-0.25, -0.2) is 9.18 Å². The van der Waals surface area contributed by atoms with Crippen LogP contribution in [-0.4, -0.2) is 17.6 Å². The van der Waals surface area contributed by atoms with E-state index in [-0.39, 0.29) is 11.7 Å². The van der Waals surface area contributed by atoms with Crippen LogP contribution in [0.15, 0.2) is 12.3 Å². The molecule has 0 aliphatic rings. The molecular weight excluding hydrogens is 173 g/mol. The van der Waals surface area contributed by atoms with E-state index in [1.165, 1.54) is 19.4 Å². The van der Waals surface area contributed by atoms with Gasteiger partial charge in [0.25, 0.3) is 0 Å². The molecule has 0 saturated heterocycles. The van der Waals surface area contributed by atoms with E-state index >= 15 is 0 Å². The molecule has 3 nitrogen and oxygen atoms in total. The largest absolute Gasteiger partial charge is 0.464 e. The Bertz CT molecular complexity index is 317. The fraction of sp³-hybridized carbons (Fsp3) is 0.444. The lowest BCUT2D eigenvalue weighted by Crippen LogP contribution is -2.11. The van der Waals surface area contributed by atoms with E-state index in [9.17, 15) is 9.18 Å². The lowest BCUT2D eigenvalue weighted by Gasteiger charge is -2.10. The number of ether oxygens (including phenoxy) is 1. The molecule has 1 heterocycles. The zero-order valence-corrected chi connectivity index (χ0v) is 7.87. The molecule has 0 spiro atoms. The van der Waals surface area contributed by atoms with E-state index in [4.69, 9.17) is 0 Å². The molecule has 0 aliphatic heterocycles. The number of aromatic nitrogens is 1. The van der Waals surface area contributed by atoms with Gasteiger partial charge in [-0.2, -0.15) is 0 Å². The summed E-state index contributed by atoms with van der Waals surface area (Å²) in [7, 11) is 1.28. The first-order valence-electron chi connectivity index (χ1n) is 4.02. The molecule has 0 atom stereocenters. The second-order valence-corrected chi connectivity index (χ2v) is 3.04. The van der Waals surface area contributed by atoms with Gasteiger partial charge in [-0.15, -0.1) is 0 Å². The van der Waals surface area contributed by atoms with Crippen molar-refractivity contribution in [1.29, 1.82) is 0 Å². The van der Waals surface area contributed by atoms with Crippen molar-refractivity contribution in [2.24, 2.45) is 0 Å². The number of carbonyl (C=O) groups is 1. The van der Waals surface area contributed by atoms with Crippen LogP contribution in [0.2, 0.25) is 0 Å². The first kappa shape index (κ1) is 9.77. The van der Waals surface area contributed by atoms with Gasteiger partial charge in [0.15, 0.2) is 0 Å². The number of nitrogens with zero attached hydrogens (tertiary/aromatic N) is 1. The minimum Gasteiger partial charge on any atom is -0.464 e. The number of carbonyl (C=O) groups excluding carboxylic acids is 1. The average Bonchev–Trinajstić information content (AvgIpc) is 2.46. The molecule has 72 valence electrons. The predicted octanol–water partition coefficient (Wildman–Crippen LogP) is 1.99. The Hall–Kier alpha value is -1.32. The van der Waals surface area contributed by atoms with Gasteiger partial charge in [-0.05, 0) is 13.8 Å². The highest BCUT2D eigenvalue weighted by atomic mass is 19.1. The lowest BCUT2D eigenvalue weighted by molar-refractivity contribution is 0.0586. The van der Waals surface area contributed by atoms with Crippen LogP contribution in [0.4, 0.5) is 4.39 Å². The molecule has 13 heavy (non-hydrogen) atoms. The number of methoxy groups -OCH3 is 1. The van der Waals surface area contributed by atoms with Crippen LogP contribution in [0.3, 0.4) is 0 Å². The molecule has 0 amide bonds. The van der Waals surface area contributed by atoms with Crippen molar-refractivity contribution in [3.05, 3.63) is 23.8 Å². The van der Waals surface area contributed by atoms with Gasteiger partial charge in [0, 0.05) is 18.3 Å². The maximum Gasteiger partial charge on any atom is 0.354 e. The van der Waals surface area contributed by atoms with E-state index < -0.39 is 11.8 Å². The van der Waals surface area contributed by atoms with Crippen LogP contribution in [0.25, 0.3) is 0 Å². The summed E-state index contributed by atoms with van der Waals surface area (Å²) in [6.07, 6.45) is 1.29. The molecule has 1 aromatic heterocycles. The summed E-state index contributed by atoms with van der Waals surface area (Å²) < 4.78 is 18.9. The Morgan fingerprint density at radius 2 is 2.23 bits per heavy atom. The Labute approximate surface area is 76.1 Å². The first-order chi connectivity index (χ1) is 6.06. The molecule has 1 rings (SSSR count). The van der Waals surface area contributed by atoms with Gasteiger partial charge in [0.05, 0.1) is 7.11 Å². The summed E-state index contributed by atoms with van der Waals surface area (Å²) in [5.41, 5.74) is 0.245. The van der Waals surface area contributed by atoms with Crippen LogP contribution in [0, 0.1) is 5.82 Å². The maximum absolute atomic E-state index is 12.8. The van der Waals surface area contributed by atoms with Crippen LogP contribution in [0.1, 0.15) is 30.4 Å². The van der Waals surface area contributed by atoms with Gasteiger partial charge < -0.3 is 9.30 Å². The van der Waals surface area contributed by atoms with Crippen LogP contribution >= 0.6 is 0 Å². The Morgan fingerprint density at radius 1 is 1.62 bits per heavy atom. The predicted molar refractivity (Wildman–Crippen MR) is 46.1 cm³/mol. The highest BCUT2D eigenvalue weighted by Gasteiger charge is 2.15. The van der Waals surface area contributed by atoms with Crippen molar-refractivity contribution < 1.29 is 13.9 Å². The summed E-state index contributed by atoms with van der Waals surface area (Å²) in [6, 6.07) is 1.21. The number of esters is 1. The number of hydrogen-bond acceptors (Lipinski definition) is 2. The van der Waals surface area contributed by atoms with Crippen molar-refractivity contribution in [2.45, 2.75) is 19.9 Å². The quantitative estimate of drug-likeness (QED) is 0.660. The van der Waals surface area contributed by atoms with E-state index in [0.717, 1.165) is 0 Å². The van der Waals surface area contributed by atoms with Crippen molar-refractivity contribution in [2.75, 3.05) is 7.11 Å². The van der Waals surface area contributed by atoms with Crippen molar-refractivity contribution in [1.82, 2.24) is 4.57 Å². The van der Waals surface area contributed by atoms with Crippen LogP contribution in [-0.2, 0) is 4.74 Å². The summed E-state index contributed by atoms with van der Waals surface area (Å²) in [5.74, 6) is -0.938. The monoisotopic (exact) mass is 185 g/mol. The van der Waals surface area contributed by atoms with Gasteiger partial charge in [-0.1, -0.05) is 0 Å². The fourth-order valence-electron chi connectivity index (χ4n) is 1.14. The molecule has 1 aromatic rings. The third-order valence-corrected chi connectivity index (χ3v) is 1.77. The minimum atomic E-state index is -0.516. The third-order valence-electron chi connectivity index (χ3n) is 1.77. The van der Waals surface area contributed by atoms with Crippen molar-refractivity contribution in [3.63, 3.8) is 0 Å². The number of halogens is 1. The third kappa shape index (κ3) is 1.88. The van der Waals surface area contributed by atoms with Crippen LogP contribution < -0.4 is 0 Å². The van der Waals surface area contributed by atoms with E-state index in [1.807, 2.05) is 13.8 Å². The van der Waals surface area contributed by atoms with E-state index in [1.54, 1.807) is 4.57 Å². The SMILES string of the molecule is COC(=O)c1cc(F)cn1C(C)C. The molecule has 0 unspecified atom stereocenters. The van der Waals surface area contributed by atoms with Crippen molar-refractivity contribution in [3.8, 4) is 0 Å². The molecule has 0 fully saturated rings. The summed E-state index contributed by atoms with van der Waals surface area (Å²) in [6.45, 7) is 3.73. The topological polar surface area (TPSA) is 31.2 Å². The highest BCUT2D eigenvalue weighted by molar-refractivity contribution is 5.87. The van der Waals surface area contributed by atoms with Crippen molar-refractivity contribution >= 4 is 5.97 Å². The normalized spacial score (nSPS) is 10.5. The Kier molecular flexibility index (Phi) is 2.70. The molecule has 0 bridgehead atoms. The zero-order valence-electron chi connectivity index (χ0n) is 7.87. The number of hydrogen-bond donors (Lipinski definition) is 0. The van der Waals surface area contributed by atoms with Crippen LogP contribution in [0.5, 0.6) is 0 Å². The smallest absolute Gasteiger partial charge is 0.354 e. The standard InChI is InChI=1S/C9H12FNO2/c1-6(2)11-5-7(10)4-8(11)9(12)13-3/h4-6H,1-3H3. The molecule has 4 heteroatoms. The second-order valence-electron chi connectivity index (χ2n) is 3.04. The summed E-state index contributed by atoms with van der Waals surface area (Å²) >= 11 is 0. The van der Waals surface area contributed by atoms with E-state index in [2.05, 4.69) is 4.74 Å². The number of rotatable bonds is 2. The maximum atomic E-state index is 12.8.